The molecule has 1 aromatic heterocycles. The molecule has 0 radical (unpaired) electrons. The van der Waals surface area contributed by atoms with E-state index in [0.717, 1.165) is 5.82 Å². The van der Waals surface area contributed by atoms with Crippen molar-refractivity contribution in [1.82, 2.24) is 15.2 Å². The van der Waals surface area contributed by atoms with Crippen LogP contribution in [0.2, 0.25) is 0 Å². The summed E-state index contributed by atoms with van der Waals surface area (Å²) in [6, 6.07) is 5.65. The highest BCUT2D eigenvalue weighted by Crippen LogP contribution is 2.10. The van der Waals surface area contributed by atoms with Gasteiger partial charge in [0, 0.05) is 32.4 Å². The van der Waals surface area contributed by atoms with Crippen molar-refractivity contribution in [3.63, 3.8) is 0 Å². The number of carbonyl (C=O) groups excluding carboxylic acids is 1. The van der Waals surface area contributed by atoms with E-state index in [1.165, 1.54) is 0 Å². The number of amides is 2. The van der Waals surface area contributed by atoms with Crippen molar-refractivity contribution in [3.8, 4) is 0 Å². The van der Waals surface area contributed by atoms with Crippen molar-refractivity contribution in [2.45, 2.75) is 26.1 Å². The highest BCUT2D eigenvalue weighted by Gasteiger charge is 2.25. The summed E-state index contributed by atoms with van der Waals surface area (Å²) in [5.41, 5.74) is 0. The molecule has 2 atom stereocenters. The maximum Gasteiger partial charge on any atom is 0.317 e. The zero-order chi connectivity index (χ0) is 14.4. The molecule has 2 unspecified atom stereocenters. The maximum atomic E-state index is 12.0. The standard InChI is InChI=1S/C14H22N4O2/c1-11-9-18(10-12(2)20-11)14(19)17-8-7-16-13-5-3-4-6-15-13/h3-6,11-12H,7-10H2,1-2H3,(H,15,16)(H,17,19). The van der Waals surface area contributed by atoms with E-state index in [2.05, 4.69) is 15.6 Å². The second kappa shape index (κ2) is 7.09. The van der Waals surface area contributed by atoms with E-state index in [1.807, 2.05) is 32.0 Å². The summed E-state index contributed by atoms with van der Waals surface area (Å²) < 4.78 is 5.61. The van der Waals surface area contributed by atoms with Crippen LogP contribution >= 0.6 is 0 Å². The van der Waals surface area contributed by atoms with Crippen LogP contribution in [-0.4, -0.2) is 54.3 Å². The van der Waals surface area contributed by atoms with E-state index < -0.39 is 0 Å². The summed E-state index contributed by atoms with van der Waals surface area (Å²) in [5, 5.41) is 6.06. The molecule has 2 N–H and O–H groups in total. The summed E-state index contributed by atoms with van der Waals surface area (Å²) in [5.74, 6) is 0.815. The molecule has 0 bridgehead atoms. The number of urea groups is 1. The molecule has 6 nitrogen and oxygen atoms in total. The SMILES string of the molecule is CC1CN(C(=O)NCCNc2ccccn2)CC(C)O1. The van der Waals surface area contributed by atoms with Gasteiger partial charge in [-0.15, -0.1) is 0 Å². The number of hydrogen-bond donors (Lipinski definition) is 2. The molecule has 0 aromatic carbocycles. The molecular formula is C14H22N4O2. The second-order valence-electron chi connectivity index (χ2n) is 5.04. The molecule has 0 spiro atoms. The molecule has 0 aliphatic carbocycles. The van der Waals surface area contributed by atoms with Gasteiger partial charge in [-0.2, -0.15) is 0 Å². The van der Waals surface area contributed by atoms with Crippen molar-refractivity contribution in [2.24, 2.45) is 0 Å². The lowest BCUT2D eigenvalue weighted by Gasteiger charge is -2.35. The van der Waals surface area contributed by atoms with E-state index in [4.69, 9.17) is 4.74 Å². The Bertz CT molecular complexity index is 416. The number of hydrogen-bond acceptors (Lipinski definition) is 4. The highest BCUT2D eigenvalue weighted by atomic mass is 16.5. The molecule has 6 heteroatoms. The summed E-state index contributed by atoms with van der Waals surface area (Å²) in [7, 11) is 0. The Morgan fingerprint density at radius 2 is 2.10 bits per heavy atom. The number of morpholine rings is 1. The molecule has 2 amide bonds. The quantitative estimate of drug-likeness (QED) is 0.815. The predicted molar refractivity (Wildman–Crippen MR) is 77.7 cm³/mol. The molecular weight excluding hydrogens is 256 g/mol. The van der Waals surface area contributed by atoms with E-state index >= 15 is 0 Å². The second-order valence-corrected chi connectivity index (χ2v) is 5.04. The first-order chi connectivity index (χ1) is 9.65. The third-order valence-electron chi connectivity index (χ3n) is 3.08. The largest absolute Gasteiger partial charge is 0.372 e. The molecule has 1 aliphatic heterocycles. The van der Waals surface area contributed by atoms with E-state index in [-0.39, 0.29) is 18.2 Å². The van der Waals surface area contributed by atoms with Gasteiger partial charge in [0.25, 0.3) is 0 Å². The fourth-order valence-corrected chi connectivity index (χ4v) is 2.28. The normalized spacial score (nSPS) is 22.4. The van der Waals surface area contributed by atoms with Crippen LogP contribution in [0.15, 0.2) is 24.4 Å². The van der Waals surface area contributed by atoms with Crippen molar-refractivity contribution in [2.75, 3.05) is 31.5 Å². The lowest BCUT2D eigenvalue weighted by atomic mass is 10.2. The fraction of sp³-hybridized carbons (Fsp3) is 0.571. The van der Waals surface area contributed by atoms with Crippen molar-refractivity contribution < 1.29 is 9.53 Å². The number of anilines is 1. The Morgan fingerprint density at radius 3 is 2.75 bits per heavy atom. The molecule has 1 saturated heterocycles. The average molecular weight is 278 g/mol. The van der Waals surface area contributed by atoms with Crippen molar-refractivity contribution in [1.29, 1.82) is 0 Å². The van der Waals surface area contributed by atoms with Crippen LogP contribution < -0.4 is 10.6 Å². The third kappa shape index (κ3) is 4.38. The van der Waals surface area contributed by atoms with Crippen LogP contribution in [0.4, 0.5) is 10.6 Å². The average Bonchev–Trinajstić information content (AvgIpc) is 2.43. The number of carbonyl (C=O) groups is 1. The smallest absolute Gasteiger partial charge is 0.317 e. The summed E-state index contributed by atoms with van der Waals surface area (Å²) in [6.07, 6.45) is 1.92. The molecule has 2 heterocycles. The molecule has 20 heavy (non-hydrogen) atoms. The molecule has 2 rings (SSSR count). The van der Waals surface area contributed by atoms with Gasteiger partial charge in [-0.25, -0.2) is 9.78 Å². The Balaban J connectivity index is 1.67. The van der Waals surface area contributed by atoms with Crippen molar-refractivity contribution in [3.05, 3.63) is 24.4 Å². The Morgan fingerprint density at radius 1 is 1.35 bits per heavy atom. The van der Waals surface area contributed by atoms with Gasteiger partial charge in [-0.3, -0.25) is 0 Å². The van der Waals surface area contributed by atoms with Gasteiger partial charge in [-0.05, 0) is 26.0 Å². The van der Waals surface area contributed by atoms with Gasteiger partial charge in [0.1, 0.15) is 5.82 Å². The monoisotopic (exact) mass is 278 g/mol. The molecule has 1 fully saturated rings. The van der Waals surface area contributed by atoms with Gasteiger partial charge >= 0.3 is 6.03 Å². The molecule has 0 saturated carbocycles. The first kappa shape index (κ1) is 14.6. The molecule has 1 aromatic rings. The van der Waals surface area contributed by atoms with Crippen LogP contribution in [0.5, 0.6) is 0 Å². The van der Waals surface area contributed by atoms with Gasteiger partial charge in [0.2, 0.25) is 0 Å². The number of pyridine rings is 1. The van der Waals surface area contributed by atoms with Crippen LogP contribution in [-0.2, 0) is 4.74 Å². The van der Waals surface area contributed by atoms with Crippen LogP contribution in [0.3, 0.4) is 0 Å². The predicted octanol–water partition coefficient (Wildman–Crippen LogP) is 1.31. The summed E-state index contributed by atoms with van der Waals surface area (Å²) in [4.78, 5) is 18.0. The number of rotatable bonds is 4. The first-order valence-electron chi connectivity index (χ1n) is 6.98. The minimum absolute atomic E-state index is 0.0326. The molecule has 1 aliphatic rings. The van der Waals surface area contributed by atoms with E-state index in [1.54, 1.807) is 11.1 Å². The third-order valence-corrected chi connectivity index (χ3v) is 3.08. The van der Waals surface area contributed by atoms with Crippen LogP contribution in [0.1, 0.15) is 13.8 Å². The van der Waals surface area contributed by atoms with E-state index in [9.17, 15) is 4.79 Å². The number of nitrogens with one attached hydrogen (secondary N) is 2. The van der Waals surface area contributed by atoms with Crippen LogP contribution in [0, 0.1) is 0 Å². The summed E-state index contributed by atoms with van der Waals surface area (Å²) in [6.45, 7) is 6.47. The van der Waals surface area contributed by atoms with E-state index in [0.29, 0.717) is 26.2 Å². The highest BCUT2D eigenvalue weighted by molar-refractivity contribution is 5.74. The lowest BCUT2D eigenvalue weighted by Crippen LogP contribution is -2.52. The summed E-state index contributed by atoms with van der Waals surface area (Å²) >= 11 is 0. The number of ether oxygens (including phenoxy) is 1. The maximum absolute atomic E-state index is 12.0. The zero-order valence-electron chi connectivity index (χ0n) is 12.0. The zero-order valence-corrected chi connectivity index (χ0v) is 12.0. The minimum Gasteiger partial charge on any atom is -0.372 e. The Labute approximate surface area is 119 Å². The first-order valence-corrected chi connectivity index (χ1v) is 6.98. The fourth-order valence-electron chi connectivity index (χ4n) is 2.28. The lowest BCUT2D eigenvalue weighted by molar-refractivity contribution is -0.0544. The Hall–Kier alpha value is -1.82. The van der Waals surface area contributed by atoms with Gasteiger partial charge in [0.15, 0.2) is 0 Å². The van der Waals surface area contributed by atoms with Gasteiger partial charge in [-0.1, -0.05) is 6.07 Å². The van der Waals surface area contributed by atoms with Crippen molar-refractivity contribution >= 4 is 11.8 Å². The topological polar surface area (TPSA) is 66.5 Å². The molecule has 110 valence electrons. The Kier molecular flexibility index (Phi) is 5.17. The number of aromatic nitrogens is 1. The van der Waals surface area contributed by atoms with Gasteiger partial charge < -0.3 is 20.3 Å². The number of nitrogens with zero attached hydrogens (tertiary/aromatic N) is 2. The van der Waals surface area contributed by atoms with Gasteiger partial charge in [0.05, 0.1) is 12.2 Å². The van der Waals surface area contributed by atoms with Crippen LogP contribution in [0.25, 0.3) is 0 Å². The minimum atomic E-state index is -0.0326.